The van der Waals surface area contributed by atoms with Crippen LogP contribution in [0.1, 0.15) is 206 Å². The van der Waals surface area contributed by atoms with Crippen LogP contribution in [0.2, 0.25) is 0 Å². The van der Waals surface area contributed by atoms with Crippen LogP contribution in [-0.4, -0.2) is 43.0 Å². The lowest BCUT2D eigenvalue weighted by atomic mass is 9.90. The fourth-order valence-electron chi connectivity index (χ4n) is 7.61. The van der Waals surface area contributed by atoms with Gasteiger partial charge < -0.3 is 14.4 Å². The van der Waals surface area contributed by atoms with E-state index in [1.807, 2.05) is 0 Å². The molecule has 0 aromatic heterocycles. The molecule has 0 bridgehead atoms. The van der Waals surface area contributed by atoms with Crippen LogP contribution >= 0.6 is 0 Å². The number of ether oxygens (including phenoxy) is 2. The molecule has 2 rings (SSSR count). The second kappa shape index (κ2) is 28.9. The molecule has 0 radical (unpaired) electrons. The minimum absolute atomic E-state index is 0.0474. The first-order valence-corrected chi connectivity index (χ1v) is 21.1. The van der Waals surface area contributed by atoms with Gasteiger partial charge in [-0.15, -0.1) is 0 Å². The number of likely N-dealkylation sites (tertiary alicyclic amines) is 1. The Kier molecular flexibility index (Phi) is 26.0. The molecule has 2 aliphatic heterocycles. The summed E-state index contributed by atoms with van der Waals surface area (Å²) >= 11 is 0. The predicted molar refractivity (Wildman–Crippen MR) is 207 cm³/mol. The molecule has 1 spiro atoms. The highest BCUT2D eigenvalue weighted by Gasteiger charge is 2.51. The Morgan fingerprint density at radius 3 is 1.47 bits per heavy atom. The fraction of sp³-hybridized carbons (Fsp3) is 0.864. The number of hydrogen-bond donors (Lipinski definition) is 0. The van der Waals surface area contributed by atoms with Crippen LogP contribution < -0.4 is 0 Å². The molecule has 2 fully saturated rings. The van der Waals surface area contributed by atoms with Crippen molar-refractivity contribution in [3.63, 3.8) is 0 Å². The molecule has 2 unspecified atom stereocenters. The second-order valence-electron chi connectivity index (χ2n) is 15.3. The molecule has 0 amide bonds. The summed E-state index contributed by atoms with van der Waals surface area (Å²) in [6, 6.07) is 0. The number of likely N-dealkylation sites (N-methyl/N-ethyl adjacent to an activating group) is 1. The summed E-state index contributed by atoms with van der Waals surface area (Å²) in [6.45, 7) is 7.49. The molecule has 3 nitrogen and oxygen atoms in total. The number of unbranched alkanes of at least 4 members (excludes halogenated alkanes) is 21. The molecule has 0 aliphatic carbocycles. The van der Waals surface area contributed by atoms with E-state index in [0.717, 1.165) is 26.0 Å². The summed E-state index contributed by atoms with van der Waals surface area (Å²) in [4.78, 5) is 2.41. The average molecular weight is 656 g/mol. The number of rotatable bonds is 31. The van der Waals surface area contributed by atoms with E-state index in [2.05, 4.69) is 62.3 Å². The predicted octanol–water partition coefficient (Wildman–Crippen LogP) is 13.8. The minimum atomic E-state index is -0.339. The Labute approximate surface area is 294 Å². The molecular weight excluding hydrogens is 574 g/mol. The van der Waals surface area contributed by atoms with Gasteiger partial charge >= 0.3 is 0 Å². The molecule has 2 aliphatic rings. The monoisotopic (exact) mass is 656 g/mol. The third kappa shape index (κ3) is 21.7. The Morgan fingerprint density at radius 1 is 0.532 bits per heavy atom. The van der Waals surface area contributed by atoms with Crippen molar-refractivity contribution in [1.29, 1.82) is 0 Å². The van der Waals surface area contributed by atoms with Crippen LogP contribution in [0.3, 0.4) is 0 Å². The summed E-state index contributed by atoms with van der Waals surface area (Å²) in [6.07, 6.45) is 53.7. The molecule has 2 saturated heterocycles. The zero-order valence-corrected chi connectivity index (χ0v) is 32.1. The van der Waals surface area contributed by atoms with E-state index in [0.29, 0.717) is 0 Å². The van der Waals surface area contributed by atoms with Gasteiger partial charge in [-0.1, -0.05) is 159 Å². The quantitative estimate of drug-likeness (QED) is 0.0548. The lowest BCUT2D eigenvalue weighted by Crippen LogP contribution is -2.49. The highest BCUT2D eigenvalue weighted by molar-refractivity contribution is 4.95. The third-order valence-electron chi connectivity index (χ3n) is 10.6. The van der Waals surface area contributed by atoms with Crippen molar-refractivity contribution in [2.24, 2.45) is 0 Å². The Hall–Kier alpha value is -0.900. The highest BCUT2D eigenvalue weighted by Crippen LogP contribution is 2.42. The van der Waals surface area contributed by atoms with Gasteiger partial charge in [-0.2, -0.15) is 0 Å². The molecule has 0 saturated carbocycles. The Bertz CT molecular complexity index is 790. The third-order valence-corrected chi connectivity index (χ3v) is 10.6. The molecule has 47 heavy (non-hydrogen) atoms. The van der Waals surface area contributed by atoms with Gasteiger partial charge in [0.05, 0.1) is 18.8 Å². The summed E-state index contributed by atoms with van der Waals surface area (Å²) in [7, 11) is 2.22. The van der Waals surface area contributed by atoms with Gasteiger partial charge in [0, 0.05) is 6.42 Å². The van der Waals surface area contributed by atoms with Crippen LogP contribution in [0.25, 0.3) is 0 Å². The van der Waals surface area contributed by atoms with Crippen molar-refractivity contribution in [3.8, 4) is 0 Å². The van der Waals surface area contributed by atoms with Crippen LogP contribution in [-0.2, 0) is 9.47 Å². The smallest absolute Gasteiger partial charge is 0.181 e. The van der Waals surface area contributed by atoms with E-state index in [9.17, 15) is 0 Å². The first-order valence-electron chi connectivity index (χ1n) is 21.1. The van der Waals surface area contributed by atoms with E-state index < -0.39 is 0 Å². The van der Waals surface area contributed by atoms with Gasteiger partial charge in [-0.3, -0.25) is 0 Å². The maximum atomic E-state index is 7.01. The fourth-order valence-corrected chi connectivity index (χ4v) is 7.61. The summed E-state index contributed by atoms with van der Waals surface area (Å²) < 4.78 is 13.6. The molecule has 0 aromatic rings. The number of piperidine rings is 1. The van der Waals surface area contributed by atoms with Crippen molar-refractivity contribution in [1.82, 2.24) is 4.90 Å². The molecular formula is C44H81NO2. The second-order valence-corrected chi connectivity index (χ2v) is 15.3. The Balaban J connectivity index is 1.55. The molecule has 0 aromatic carbocycles. The lowest BCUT2D eigenvalue weighted by molar-refractivity contribution is -0.214. The zero-order valence-electron chi connectivity index (χ0n) is 32.1. The number of allylic oxidation sites excluding steroid dienone is 6. The van der Waals surface area contributed by atoms with Gasteiger partial charge in [0.15, 0.2) is 5.79 Å². The first-order chi connectivity index (χ1) is 23.1. The topological polar surface area (TPSA) is 21.7 Å². The Morgan fingerprint density at radius 2 is 0.957 bits per heavy atom. The van der Waals surface area contributed by atoms with Crippen LogP contribution in [0.15, 0.2) is 36.5 Å². The van der Waals surface area contributed by atoms with Crippen molar-refractivity contribution >= 4 is 0 Å². The molecule has 2 heterocycles. The molecule has 0 N–H and O–H groups in total. The minimum Gasteiger partial charge on any atom is -0.346 e. The normalized spacial score (nSPS) is 22.3. The summed E-state index contributed by atoms with van der Waals surface area (Å²) in [5.41, 5.74) is -0.0474. The van der Waals surface area contributed by atoms with Crippen molar-refractivity contribution in [2.45, 2.75) is 218 Å². The number of hydrogen-bond acceptors (Lipinski definition) is 3. The van der Waals surface area contributed by atoms with E-state index in [4.69, 9.17) is 9.47 Å². The van der Waals surface area contributed by atoms with Gasteiger partial charge in [-0.25, -0.2) is 0 Å². The van der Waals surface area contributed by atoms with E-state index in [1.165, 1.54) is 186 Å². The summed E-state index contributed by atoms with van der Waals surface area (Å²) in [5, 5.41) is 0. The van der Waals surface area contributed by atoms with Crippen LogP contribution in [0.5, 0.6) is 0 Å². The molecule has 3 heteroatoms. The maximum Gasteiger partial charge on any atom is 0.181 e. The first kappa shape index (κ1) is 42.3. The average Bonchev–Trinajstić information content (AvgIpc) is 3.41. The van der Waals surface area contributed by atoms with Crippen LogP contribution in [0, 0.1) is 0 Å². The molecule has 2 atom stereocenters. The standard InChI is InChI=1S/C44H81NO2/c1-4-6-8-10-12-14-16-18-20-22-24-26-28-30-32-34-37-43(42-46-44(47-43)39-36-40-45(3)41-44)38-35-33-31-29-27-25-23-21-19-17-15-13-11-9-7-5-2/h12,14,18-21H,4-11,13,15-17,22-42H2,1-3H3/b14-12-,20-18-,21-19-. The highest BCUT2D eigenvalue weighted by atomic mass is 16.8. The van der Waals surface area contributed by atoms with E-state index in [1.54, 1.807) is 0 Å². The summed E-state index contributed by atoms with van der Waals surface area (Å²) in [5.74, 6) is -0.339. The number of nitrogens with zero attached hydrogens (tertiary/aromatic N) is 1. The van der Waals surface area contributed by atoms with Gasteiger partial charge in [-0.05, 0) is 90.6 Å². The van der Waals surface area contributed by atoms with Crippen molar-refractivity contribution in [3.05, 3.63) is 36.5 Å². The zero-order chi connectivity index (χ0) is 33.6. The van der Waals surface area contributed by atoms with Gasteiger partial charge in [0.1, 0.15) is 0 Å². The van der Waals surface area contributed by atoms with Crippen molar-refractivity contribution in [2.75, 3.05) is 26.7 Å². The molecule has 274 valence electrons. The SMILES string of the molecule is CCCCC/C=C\C/C=C\CCCCCCCCC1(CCCCCCCC/C=C\CCCCCCCC)COC2(CCCN(C)C2)O1. The van der Waals surface area contributed by atoms with Crippen molar-refractivity contribution < 1.29 is 9.47 Å². The maximum absolute atomic E-state index is 7.01. The largest absolute Gasteiger partial charge is 0.346 e. The van der Waals surface area contributed by atoms with Gasteiger partial charge in [0.25, 0.3) is 0 Å². The van der Waals surface area contributed by atoms with Gasteiger partial charge in [0.2, 0.25) is 0 Å². The van der Waals surface area contributed by atoms with E-state index >= 15 is 0 Å². The van der Waals surface area contributed by atoms with Crippen LogP contribution in [0.4, 0.5) is 0 Å². The van der Waals surface area contributed by atoms with E-state index in [-0.39, 0.29) is 11.4 Å². The lowest BCUT2D eigenvalue weighted by Gasteiger charge is -2.39.